The Morgan fingerprint density at radius 2 is 2.20 bits per heavy atom. The van der Waals surface area contributed by atoms with Crippen molar-refractivity contribution in [2.45, 2.75) is 25.4 Å². The molecule has 2 N–H and O–H groups in total. The number of rotatable bonds is 4. The van der Waals surface area contributed by atoms with E-state index >= 15 is 0 Å². The van der Waals surface area contributed by atoms with E-state index in [1.807, 2.05) is 0 Å². The van der Waals surface area contributed by atoms with Crippen molar-refractivity contribution >= 4 is 21.7 Å². The Kier molecular flexibility index (Phi) is 4.12. The summed E-state index contributed by atoms with van der Waals surface area (Å²) in [6.45, 7) is -0.307. The number of aromatic nitrogens is 1. The highest BCUT2D eigenvalue weighted by molar-refractivity contribution is 7.91. The second-order valence-electron chi connectivity index (χ2n) is 4.84. The Hall–Kier alpha value is -1.83. The number of amides is 1. The van der Waals surface area contributed by atoms with Gasteiger partial charge in [0.25, 0.3) is 5.91 Å². The molecule has 0 spiro atoms. The Morgan fingerprint density at radius 1 is 1.45 bits per heavy atom. The quantitative estimate of drug-likeness (QED) is 0.806. The fourth-order valence-electron chi connectivity index (χ4n) is 2.30. The summed E-state index contributed by atoms with van der Waals surface area (Å²) in [5.74, 6) is -1.39. The summed E-state index contributed by atoms with van der Waals surface area (Å²) in [5, 5.41) is 11.4. The number of hydrogen-bond acceptors (Lipinski definition) is 4. The van der Waals surface area contributed by atoms with Crippen molar-refractivity contribution in [3.63, 3.8) is 0 Å². The maximum atomic E-state index is 12.1. The van der Waals surface area contributed by atoms with Gasteiger partial charge in [0.1, 0.15) is 12.2 Å². The van der Waals surface area contributed by atoms with Crippen molar-refractivity contribution < 1.29 is 23.1 Å². The molecular weight excluding hydrogens is 284 g/mol. The molecule has 20 heavy (non-hydrogen) atoms. The number of nitrogens with one attached hydrogen (secondary N) is 1. The van der Waals surface area contributed by atoms with Crippen molar-refractivity contribution in [2.75, 3.05) is 11.5 Å². The first-order valence-electron chi connectivity index (χ1n) is 6.25. The van der Waals surface area contributed by atoms with Crippen LogP contribution in [-0.2, 0) is 21.2 Å². The fraction of sp³-hybridized carbons (Fsp3) is 0.500. The van der Waals surface area contributed by atoms with Crippen LogP contribution < -0.4 is 5.32 Å². The predicted molar refractivity (Wildman–Crippen MR) is 71.2 cm³/mol. The van der Waals surface area contributed by atoms with E-state index in [9.17, 15) is 18.0 Å². The molecule has 8 heteroatoms. The van der Waals surface area contributed by atoms with Crippen LogP contribution in [0.3, 0.4) is 0 Å². The molecule has 0 aliphatic carbocycles. The largest absolute Gasteiger partial charge is 0.480 e. The lowest BCUT2D eigenvalue weighted by Gasteiger charge is -2.23. The standard InChI is InChI=1S/C12H16N2O5S/c15-11(16)7-14-5-1-4-10(14)12(17)13-9-3-2-6-20(18,19)8-9/h1,4-5,9H,2-3,6-8H2,(H,13,17)(H,15,16). The SMILES string of the molecule is O=C(O)Cn1cccc1C(=O)NC1CCCS(=O)(=O)C1. The monoisotopic (exact) mass is 300 g/mol. The number of sulfone groups is 1. The van der Waals surface area contributed by atoms with E-state index in [1.165, 1.54) is 16.8 Å². The third kappa shape index (κ3) is 3.60. The molecule has 110 valence electrons. The minimum absolute atomic E-state index is 0.0572. The number of carboxylic acids is 1. The highest BCUT2D eigenvalue weighted by Gasteiger charge is 2.26. The third-order valence-electron chi connectivity index (χ3n) is 3.17. The van der Waals surface area contributed by atoms with Crippen LogP contribution in [0, 0.1) is 0 Å². The number of carboxylic acid groups (broad SMARTS) is 1. The minimum atomic E-state index is -3.09. The predicted octanol–water partition coefficient (Wildman–Crippen LogP) is -0.120. The summed E-state index contributed by atoms with van der Waals surface area (Å²) in [4.78, 5) is 22.8. The summed E-state index contributed by atoms with van der Waals surface area (Å²) in [6, 6.07) is 2.68. The van der Waals surface area contributed by atoms with Crippen LogP contribution in [-0.4, -0.2) is 47.5 Å². The Bertz CT molecular complexity index is 620. The number of nitrogens with zero attached hydrogens (tertiary/aromatic N) is 1. The molecule has 1 saturated heterocycles. The normalized spacial score (nSPS) is 21.3. The van der Waals surface area contributed by atoms with Crippen LogP contribution in [0.15, 0.2) is 18.3 Å². The van der Waals surface area contributed by atoms with Crippen LogP contribution in [0.4, 0.5) is 0 Å². The fourth-order valence-corrected chi connectivity index (χ4v) is 3.94. The van der Waals surface area contributed by atoms with Crippen molar-refractivity contribution in [3.05, 3.63) is 24.0 Å². The molecule has 1 atom stereocenters. The molecule has 1 amide bonds. The average molecular weight is 300 g/mol. The molecule has 1 aliphatic heterocycles. The van der Waals surface area contributed by atoms with E-state index in [0.717, 1.165) is 0 Å². The summed E-state index contributed by atoms with van der Waals surface area (Å²) in [6.07, 6.45) is 2.65. The van der Waals surface area contributed by atoms with Gasteiger partial charge in [-0.3, -0.25) is 9.59 Å². The number of hydrogen-bond donors (Lipinski definition) is 2. The van der Waals surface area contributed by atoms with E-state index < -0.39 is 27.8 Å². The molecule has 2 heterocycles. The van der Waals surface area contributed by atoms with Gasteiger partial charge in [-0.1, -0.05) is 0 Å². The third-order valence-corrected chi connectivity index (χ3v) is 4.99. The second kappa shape index (κ2) is 5.66. The molecule has 1 aliphatic rings. The lowest BCUT2D eigenvalue weighted by atomic mass is 10.2. The number of aliphatic carboxylic acids is 1. The van der Waals surface area contributed by atoms with Gasteiger partial charge in [-0.2, -0.15) is 0 Å². The van der Waals surface area contributed by atoms with Gasteiger partial charge < -0.3 is 15.0 Å². The molecule has 0 saturated carbocycles. The molecule has 7 nitrogen and oxygen atoms in total. The van der Waals surface area contributed by atoms with Crippen molar-refractivity contribution in [1.82, 2.24) is 9.88 Å². The summed E-state index contributed by atoms with van der Waals surface area (Å²) < 4.78 is 24.3. The molecule has 1 aromatic rings. The van der Waals surface area contributed by atoms with Crippen LogP contribution in [0.1, 0.15) is 23.3 Å². The zero-order chi connectivity index (χ0) is 14.8. The zero-order valence-electron chi connectivity index (χ0n) is 10.8. The second-order valence-corrected chi connectivity index (χ2v) is 7.07. The highest BCUT2D eigenvalue weighted by atomic mass is 32.2. The Labute approximate surface area is 116 Å². The average Bonchev–Trinajstić information content (AvgIpc) is 2.74. The van der Waals surface area contributed by atoms with E-state index in [0.29, 0.717) is 12.8 Å². The van der Waals surface area contributed by atoms with Gasteiger partial charge in [-0.25, -0.2) is 8.42 Å². The molecule has 1 unspecified atom stereocenters. The molecule has 2 rings (SSSR count). The molecule has 0 bridgehead atoms. The topological polar surface area (TPSA) is 105 Å². The number of carbonyl (C=O) groups is 2. The molecule has 1 aromatic heterocycles. The van der Waals surface area contributed by atoms with Gasteiger partial charge in [0, 0.05) is 12.2 Å². The number of carbonyl (C=O) groups excluding carboxylic acids is 1. The first-order chi connectivity index (χ1) is 9.37. The van der Waals surface area contributed by atoms with Crippen LogP contribution in [0.5, 0.6) is 0 Å². The summed E-state index contributed by atoms with van der Waals surface area (Å²) in [7, 11) is -3.09. The lowest BCUT2D eigenvalue weighted by Crippen LogP contribution is -2.43. The van der Waals surface area contributed by atoms with Crippen LogP contribution in [0.2, 0.25) is 0 Å². The first kappa shape index (κ1) is 14.6. The van der Waals surface area contributed by atoms with Gasteiger partial charge in [0.2, 0.25) is 0 Å². The Balaban J connectivity index is 2.05. The summed E-state index contributed by atoms with van der Waals surface area (Å²) >= 11 is 0. The van der Waals surface area contributed by atoms with Gasteiger partial charge in [0.15, 0.2) is 9.84 Å². The van der Waals surface area contributed by atoms with Crippen LogP contribution in [0.25, 0.3) is 0 Å². The van der Waals surface area contributed by atoms with E-state index in [4.69, 9.17) is 5.11 Å². The maximum absolute atomic E-state index is 12.1. The molecule has 0 radical (unpaired) electrons. The van der Waals surface area contributed by atoms with Gasteiger partial charge in [-0.15, -0.1) is 0 Å². The molecule has 1 fully saturated rings. The van der Waals surface area contributed by atoms with E-state index in [1.54, 1.807) is 6.07 Å². The van der Waals surface area contributed by atoms with Crippen LogP contribution >= 0.6 is 0 Å². The molecule has 0 aromatic carbocycles. The van der Waals surface area contributed by atoms with Crippen molar-refractivity contribution in [2.24, 2.45) is 0 Å². The Morgan fingerprint density at radius 3 is 2.85 bits per heavy atom. The highest BCUT2D eigenvalue weighted by Crippen LogP contribution is 2.13. The zero-order valence-corrected chi connectivity index (χ0v) is 11.6. The van der Waals surface area contributed by atoms with Crippen molar-refractivity contribution in [3.8, 4) is 0 Å². The van der Waals surface area contributed by atoms with E-state index in [-0.39, 0.29) is 23.7 Å². The van der Waals surface area contributed by atoms with Gasteiger partial charge in [0.05, 0.1) is 11.5 Å². The lowest BCUT2D eigenvalue weighted by molar-refractivity contribution is -0.137. The van der Waals surface area contributed by atoms with E-state index in [2.05, 4.69) is 5.32 Å². The van der Waals surface area contributed by atoms with Crippen molar-refractivity contribution in [1.29, 1.82) is 0 Å². The van der Waals surface area contributed by atoms with Gasteiger partial charge in [-0.05, 0) is 25.0 Å². The smallest absolute Gasteiger partial charge is 0.323 e. The summed E-state index contributed by atoms with van der Waals surface area (Å²) in [5.41, 5.74) is 0.218. The maximum Gasteiger partial charge on any atom is 0.323 e. The molecular formula is C12H16N2O5S. The first-order valence-corrected chi connectivity index (χ1v) is 8.08. The van der Waals surface area contributed by atoms with Gasteiger partial charge >= 0.3 is 5.97 Å². The minimum Gasteiger partial charge on any atom is -0.480 e.